The van der Waals surface area contributed by atoms with Gasteiger partial charge in [-0.1, -0.05) is 35.5 Å². The zero-order valence-electron chi connectivity index (χ0n) is 18.1. The lowest BCUT2D eigenvalue weighted by atomic mass is 9.86. The van der Waals surface area contributed by atoms with Crippen LogP contribution in [0, 0.1) is 5.92 Å². The molecule has 1 amide bonds. The number of hydrogen-bond acceptors (Lipinski definition) is 7. The SMILES string of the molecule is COc1ccccc1C1C(C(=O)c2cccnc2)C(=O)C(=O)N1c1ccc(-c2ccon2)cc1. The van der Waals surface area contributed by atoms with Crippen LogP contribution in [0.15, 0.2) is 89.9 Å². The zero-order chi connectivity index (χ0) is 23.7. The topological polar surface area (TPSA) is 103 Å². The molecule has 8 heteroatoms. The van der Waals surface area contributed by atoms with E-state index in [0.29, 0.717) is 22.7 Å². The van der Waals surface area contributed by atoms with Crippen molar-refractivity contribution in [2.45, 2.75) is 6.04 Å². The number of para-hydroxylation sites is 1. The predicted octanol–water partition coefficient (Wildman–Crippen LogP) is 3.90. The number of hydrogen-bond donors (Lipinski definition) is 0. The third kappa shape index (κ3) is 3.55. The molecule has 5 rings (SSSR count). The number of ketones is 2. The number of nitrogens with zero attached hydrogens (tertiary/aromatic N) is 3. The van der Waals surface area contributed by atoms with Crippen molar-refractivity contribution >= 4 is 23.2 Å². The molecule has 0 spiro atoms. The lowest BCUT2D eigenvalue weighted by Crippen LogP contribution is -2.31. The quantitative estimate of drug-likeness (QED) is 0.248. The van der Waals surface area contributed by atoms with Gasteiger partial charge in [0.25, 0.3) is 5.91 Å². The highest BCUT2D eigenvalue weighted by Crippen LogP contribution is 2.44. The van der Waals surface area contributed by atoms with Crippen molar-refractivity contribution < 1.29 is 23.6 Å². The second-order valence-electron chi connectivity index (χ2n) is 7.74. The normalized spacial score (nSPS) is 17.7. The monoisotopic (exact) mass is 453 g/mol. The van der Waals surface area contributed by atoms with Gasteiger partial charge in [-0.25, -0.2) is 0 Å². The Hall–Kier alpha value is -4.59. The summed E-state index contributed by atoms with van der Waals surface area (Å²) in [5.74, 6) is -2.77. The van der Waals surface area contributed by atoms with Crippen LogP contribution in [0.4, 0.5) is 5.69 Å². The first-order valence-corrected chi connectivity index (χ1v) is 10.6. The van der Waals surface area contributed by atoms with Crippen LogP contribution in [0.1, 0.15) is 22.0 Å². The molecule has 0 radical (unpaired) electrons. The maximum Gasteiger partial charge on any atom is 0.295 e. The molecular weight excluding hydrogens is 434 g/mol. The third-order valence-corrected chi connectivity index (χ3v) is 5.87. The van der Waals surface area contributed by atoms with Crippen molar-refractivity contribution in [3.05, 3.63) is 96.5 Å². The Balaban J connectivity index is 1.63. The highest BCUT2D eigenvalue weighted by atomic mass is 16.5. The fourth-order valence-electron chi connectivity index (χ4n) is 4.28. The third-order valence-electron chi connectivity index (χ3n) is 5.87. The van der Waals surface area contributed by atoms with Crippen molar-refractivity contribution in [3.63, 3.8) is 0 Å². The van der Waals surface area contributed by atoms with Crippen LogP contribution < -0.4 is 9.64 Å². The van der Waals surface area contributed by atoms with Gasteiger partial charge in [0.15, 0.2) is 5.78 Å². The minimum atomic E-state index is -1.25. The summed E-state index contributed by atoms with van der Waals surface area (Å²) in [4.78, 5) is 45.4. The number of rotatable bonds is 6. The van der Waals surface area contributed by atoms with E-state index >= 15 is 0 Å². The molecule has 1 fully saturated rings. The van der Waals surface area contributed by atoms with Gasteiger partial charge in [-0.05, 0) is 30.3 Å². The fourth-order valence-corrected chi connectivity index (χ4v) is 4.28. The van der Waals surface area contributed by atoms with E-state index in [1.807, 2.05) is 0 Å². The Morgan fingerprint density at radius 1 is 1.00 bits per heavy atom. The summed E-state index contributed by atoms with van der Waals surface area (Å²) in [5.41, 5.74) is 2.72. The van der Waals surface area contributed by atoms with Crippen LogP contribution >= 0.6 is 0 Å². The highest BCUT2D eigenvalue weighted by Gasteiger charge is 2.53. The summed E-state index contributed by atoms with van der Waals surface area (Å²) in [6.07, 6.45) is 4.41. The molecule has 1 saturated heterocycles. The molecule has 34 heavy (non-hydrogen) atoms. The van der Waals surface area contributed by atoms with E-state index in [1.54, 1.807) is 72.9 Å². The number of methoxy groups -OCH3 is 1. The number of benzene rings is 2. The first-order valence-electron chi connectivity index (χ1n) is 10.6. The van der Waals surface area contributed by atoms with Gasteiger partial charge < -0.3 is 9.26 Å². The Labute approximate surface area is 194 Å². The van der Waals surface area contributed by atoms with Crippen LogP contribution in [0.25, 0.3) is 11.3 Å². The first-order chi connectivity index (χ1) is 16.6. The summed E-state index contributed by atoms with van der Waals surface area (Å²) in [6.45, 7) is 0. The average molecular weight is 453 g/mol. The summed E-state index contributed by atoms with van der Waals surface area (Å²) in [5, 5.41) is 3.92. The Bertz CT molecular complexity index is 1350. The van der Waals surface area contributed by atoms with Gasteiger partial charge in [0.2, 0.25) is 5.78 Å². The molecule has 2 atom stereocenters. The molecule has 0 bridgehead atoms. The molecule has 168 valence electrons. The first kappa shape index (κ1) is 21.3. The van der Waals surface area contributed by atoms with E-state index in [4.69, 9.17) is 9.26 Å². The minimum absolute atomic E-state index is 0.261. The van der Waals surface area contributed by atoms with E-state index in [9.17, 15) is 14.4 Å². The van der Waals surface area contributed by atoms with Crippen LogP contribution in [-0.4, -0.2) is 34.7 Å². The Kier molecular flexibility index (Phi) is 5.47. The predicted molar refractivity (Wildman–Crippen MR) is 122 cm³/mol. The number of Topliss-reactive ketones (excluding diaryl/α,β-unsaturated/α-hetero) is 2. The number of pyridine rings is 1. The van der Waals surface area contributed by atoms with Crippen LogP contribution in [-0.2, 0) is 9.59 Å². The molecule has 0 aliphatic carbocycles. The van der Waals surface area contributed by atoms with Gasteiger partial charge in [-0.3, -0.25) is 24.3 Å². The molecule has 1 aliphatic rings. The van der Waals surface area contributed by atoms with E-state index in [-0.39, 0.29) is 5.56 Å². The van der Waals surface area contributed by atoms with Crippen molar-refractivity contribution in [1.29, 1.82) is 0 Å². The summed E-state index contributed by atoms with van der Waals surface area (Å²) >= 11 is 0. The van der Waals surface area contributed by atoms with Gasteiger partial charge in [0.05, 0.1) is 13.2 Å². The zero-order valence-corrected chi connectivity index (χ0v) is 18.1. The molecule has 1 aliphatic heterocycles. The molecule has 0 N–H and O–H groups in total. The molecule has 2 unspecified atom stereocenters. The summed E-state index contributed by atoms with van der Waals surface area (Å²) in [6, 6.07) is 18.1. The maximum absolute atomic E-state index is 13.5. The molecule has 8 nitrogen and oxygen atoms in total. The molecular formula is C26H19N3O5. The number of amides is 1. The largest absolute Gasteiger partial charge is 0.496 e. The van der Waals surface area contributed by atoms with Crippen molar-refractivity contribution in [3.8, 4) is 17.0 Å². The van der Waals surface area contributed by atoms with Crippen molar-refractivity contribution in [1.82, 2.24) is 10.1 Å². The molecule has 0 saturated carbocycles. The van der Waals surface area contributed by atoms with Gasteiger partial charge in [0, 0.05) is 40.8 Å². The second-order valence-corrected chi connectivity index (χ2v) is 7.74. The standard InChI is InChI=1S/C26H19N3O5/c1-33-21-7-3-2-6-19(21)23-22(24(30)17-5-4-13-27-15-17)25(31)26(32)29(23)18-10-8-16(9-11-18)20-12-14-34-28-20/h2-15,22-23H,1H3. The van der Waals surface area contributed by atoms with Crippen molar-refractivity contribution in [2.24, 2.45) is 5.92 Å². The van der Waals surface area contributed by atoms with Crippen LogP contribution in [0.3, 0.4) is 0 Å². The number of carbonyl (C=O) groups is 3. The van der Waals surface area contributed by atoms with E-state index < -0.39 is 29.4 Å². The lowest BCUT2D eigenvalue weighted by Gasteiger charge is -2.28. The molecule has 2 aromatic heterocycles. The van der Waals surface area contributed by atoms with Crippen LogP contribution in [0.2, 0.25) is 0 Å². The Morgan fingerprint density at radius 3 is 2.47 bits per heavy atom. The molecule has 2 aromatic carbocycles. The molecule has 3 heterocycles. The Morgan fingerprint density at radius 2 is 1.79 bits per heavy atom. The summed E-state index contributed by atoms with van der Waals surface area (Å²) in [7, 11) is 1.51. The number of ether oxygens (including phenoxy) is 1. The van der Waals surface area contributed by atoms with E-state index in [0.717, 1.165) is 5.56 Å². The fraction of sp³-hybridized carbons (Fsp3) is 0.115. The second kappa shape index (κ2) is 8.74. The maximum atomic E-state index is 13.5. The van der Waals surface area contributed by atoms with Crippen molar-refractivity contribution in [2.75, 3.05) is 12.0 Å². The summed E-state index contributed by atoms with van der Waals surface area (Å²) < 4.78 is 10.4. The lowest BCUT2D eigenvalue weighted by molar-refractivity contribution is -0.135. The van der Waals surface area contributed by atoms with Crippen LogP contribution in [0.5, 0.6) is 5.75 Å². The van der Waals surface area contributed by atoms with Gasteiger partial charge >= 0.3 is 0 Å². The minimum Gasteiger partial charge on any atom is -0.496 e. The van der Waals surface area contributed by atoms with Gasteiger partial charge in [0.1, 0.15) is 23.6 Å². The smallest absolute Gasteiger partial charge is 0.295 e. The van der Waals surface area contributed by atoms with Gasteiger partial charge in [-0.2, -0.15) is 0 Å². The number of carbonyl (C=O) groups excluding carboxylic acids is 3. The van der Waals surface area contributed by atoms with E-state index in [2.05, 4.69) is 10.1 Å². The number of aromatic nitrogens is 2. The molecule has 4 aromatic rings. The highest BCUT2D eigenvalue weighted by molar-refractivity contribution is 6.49. The van der Waals surface area contributed by atoms with E-state index in [1.165, 1.54) is 24.5 Å². The number of anilines is 1. The van der Waals surface area contributed by atoms with Gasteiger partial charge in [-0.15, -0.1) is 0 Å². The average Bonchev–Trinajstić information content (AvgIpc) is 3.51.